The Hall–Kier alpha value is -2.01. The molecular formula is C19H24BNO2S. The molecular weight excluding hydrogens is 317 g/mol. The van der Waals surface area contributed by atoms with E-state index in [0.717, 1.165) is 25.6 Å². The van der Waals surface area contributed by atoms with E-state index in [1.54, 1.807) is 18.2 Å². The summed E-state index contributed by atoms with van der Waals surface area (Å²) in [6.07, 6.45) is 4.03. The van der Waals surface area contributed by atoms with Gasteiger partial charge in [0, 0.05) is 5.69 Å². The van der Waals surface area contributed by atoms with Gasteiger partial charge in [-0.2, -0.15) is 0 Å². The van der Waals surface area contributed by atoms with Crippen LogP contribution in [-0.4, -0.2) is 15.7 Å². The number of nitrogens with one attached hydrogen (secondary N) is 1. The van der Waals surface area contributed by atoms with Gasteiger partial charge in [0.2, 0.25) is 0 Å². The second-order valence-electron chi connectivity index (χ2n) is 5.97. The van der Waals surface area contributed by atoms with Crippen LogP contribution in [-0.2, 0) is 10.0 Å². The third kappa shape index (κ3) is 5.00. The summed E-state index contributed by atoms with van der Waals surface area (Å²) in [5.74, 6) is 0. The summed E-state index contributed by atoms with van der Waals surface area (Å²) in [7, 11) is -2.58. The van der Waals surface area contributed by atoms with E-state index in [1.807, 2.05) is 43.3 Å². The smallest absolute Gasteiger partial charge is 0.261 e. The zero-order valence-electron chi connectivity index (χ0n) is 14.5. The third-order valence-corrected chi connectivity index (χ3v) is 5.26. The summed E-state index contributed by atoms with van der Waals surface area (Å²) < 4.78 is 27.8. The zero-order valence-corrected chi connectivity index (χ0v) is 15.4. The van der Waals surface area contributed by atoms with Crippen molar-refractivity contribution < 1.29 is 8.42 Å². The quantitative estimate of drug-likeness (QED) is 0.779. The van der Waals surface area contributed by atoms with Gasteiger partial charge in [0.25, 0.3) is 10.0 Å². The molecule has 0 radical (unpaired) electrons. The fourth-order valence-electron chi connectivity index (χ4n) is 2.40. The van der Waals surface area contributed by atoms with E-state index < -0.39 is 10.0 Å². The maximum absolute atomic E-state index is 12.6. The lowest BCUT2D eigenvalue weighted by atomic mass is 9.68. The molecule has 0 heterocycles. The first-order chi connectivity index (χ1) is 11.4. The van der Waals surface area contributed by atoms with Crippen LogP contribution in [0, 0.1) is 0 Å². The van der Waals surface area contributed by atoms with Crippen molar-refractivity contribution in [3.63, 3.8) is 0 Å². The molecule has 0 aliphatic carbocycles. The SMILES string of the molecule is CCBc1ccc(NS(=O)(=O)c2cccc(/C=C(/C)CC)c2)cc1. The summed E-state index contributed by atoms with van der Waals surface area (Å²) in [6.45, 7) is 6.24. The lowest BCUT2D eigenvalue weighted by molar-refractivity contribution is 0.601. The molecule has 0 aliphatic heterocycles. The minimum atomic E-state index is -3.58. The molecule has 0 aromatic heterocycles. The van der Waals surface area contributed by atoms with Gasteiger partial charge in [0.15, 0.2) is 7.28 Å². The molecule has 0 aliphatic rings. The number of rotatable bonds is 7. The Bertz CT molecular complexity index is 812. The van der Waals surface area contributed by atoms with Crippen molar-refractivity contribution in [2.75, 3.05) is 4.72 Å². The van der Waals surface area contributed by atoms with E-state index in [2.05, 4.69) is 18.6 Å². The molecule has 0 amide bonds. The van der Waals surface area contributed by atoms with Gasteiger partial charge in [0.05, 0.1) is 4.90 Å². The molecule has 0 unspecified atom stereocenters. The molecule has 2 aromatic rings. The van der Waals surface area contributed by atoms with E-state index in [4.69, 9.17) is 0 Å². The molecule has 126 valence electrons. The highest BCUT2D eigenvalue weighted by molar-refractivity contribution is 7.92. The molecule has 0 saturated carbocycles. The second-order valence-corrected chi connectivity index (χ2v) is 7.65. The van der Waals surface area contributed by atoms with E-state index in [0.29, 0.717) is 5.69 Å². The van der Waals surface area contributed by atoms with Crippen LogP contribution >= 0.6 is 0 Å². The van der Waals surface area contributed by atoms with Crippen molar-refractivity contribution in [3.05, 3.63) is 59.7 Å². The molecule has 0 bridgehead atoms. The van der Waals surface area contributed by atoms with E-state index in [1.165, 1.54) is 11.0 Å². The second kappa shape index (κ2) is 8.20. The minimum Gasteiger partial charge on any atom is -0.280 e. The van der Waals surface area contributed by atoms with Crippen molar-refractivity contribution in [2.24, 2.45) is 0 Å². The molecule has 1 N–H and O–H groups in total. The average Bonchev–Trinajstić information content (AvgIpc) is 2.57. The summed E-state index contributed by atoms with van der Waals surface area (Å²) in [6, 6.07) is 14.6. The van der Waals surface area contributed by atoms with Gasteiger partial charge in [-0.3, -0.25) is 4.72 Å². The first kappa shape index (κ1) is 18.3. The Morgan fingerprint density at radius 2 is 1.83 bits per heavy atom. The maximum atomic E-state index is 12.6. The lowest BCUT2D eigenvalue weighted by Crippen LogP contribution is -2.15. The molecule has 0 fully saturated rings. The summed E-state index contributed by atoms with van der Waals surface area (Å²) >= 11 is 0. The predicted octanol–water partition coefficient (Wildman–Crippen LogP) is 3.80. The standard InChI is InChI=1S/C19H24BNO2S/c1-4-15(3)13-16-7-6-8-19(14-16)24(22,23)21-18-11-9-17(10-12-18)20-5-2/h6-14,20-21H,4-5H2,1-3H3/b15-13-. The fraction of sp³-hybridized carbons (Fsp3) is 0.263. The van der Waals surface area contributed by atoms with Crippen molar-refractivity contribution in [1.82, 2.24) is 0 Å². The Morgan fingerprint density at radius 3 is 2.46 bits per heavy atom. The molecule has 24 heavy (non-hydrogen) atoms. The van der Waals surface area contributed by atoms with E-state index in [9.17, 15) is 8.42 Å². The highest BCUT2D eigenvalue weighted by atomic mass is 32.2. The number of anilines is 1. The number of allylic oxidation sites excluding steroid dienone is 1. The first-order valence-electron chi connectivity index (χ1n) is 8.33. The van der Waals surface area contributed by atoms with Crippen molar-refractivity contribution in [3.8, 4) is 0 Å². The summed E-state index contributed by atoms with van der Waals surface area (Å²) in [4.78, 5) is 0.276. The molecule has 0 saturated heterocycles. The van der Waals surface area contributed by atoms with Crippen LogP contribution in [0.3, 0.4) is 0 Å². The summed E-state index contributed by atoms with van der Waals surface area (Å²) in [5, 5.41) is 0. The third-order valence-electron chi connectivity index (χ3n) is 3.88. The number of hydrogen-bond donors (Lipinski definition) is 1. The molecule has 0 spiro atoms. The molecule has 0 atom stereocenters. The number of benzene rings is 2. The molecule has 2 rings (SSSR count). The highest BCUT2D eigenvalue weighted by Gasteiger charge is 2.14. The van der Waals surface area contributed by atoms with Gasteiger partial charge < -0.3 is 0 Å². The molecule has 3 nitrogen and oxygen atoms in total. The normalized spacial score (nSPS) is 12.0. The Labute approximate surface area is 146 Å². The van der Waals surface area contributed by atoms with Gasteiger partial charge in [-0.1, -0.05) is 61.5 Å². The van der Waals surface area contributed by atoms with Crippen molar-refractivity contribution in [1.29, 1.82) is 0 Å². The topological polar surface area (TPSA) is 46.2 Å². The Balaban J connectivity index is 2.22. The van der Waals surface area contributed by atoms with Crippen molar-refractivity contribution >= 4 is 34.5 Å². The first-order valence-corrected chi connectivity index (χ1v) is 9.82. The zero-order chi connectivity index (χ0) is 17.6. The number of sulfonamides is 1. The van der Waals surface area contributed by atoms with Crippen molar-refractivity contribution in [2.45, 2.75) is 38.4 Å². The Kier molecular flexibility index (Phi) is 6.26. The lowest BCUT2D eigenvalue weighted by Gasteiger charge is -2.09. The van der Waals surface area contributed by atoms with Gasteiger partial charge in [-0.25, -0.2) is 8.42 Å². The van der Waals surface area contributed by atoms with Gasteiger partial charge in [-0.05, 0) is 43.2 Å². The Morgan fingerprint density at radius 1 is 1.12 bits per heavy atom. The van der Waals surface area contributed by atoms with Crippen LogP contribution in [0.1, 0.15) is 32.8 Å². The minimum absolute atomic E-state index is 0.276. The van der Waals surface area contributed by atoms with Crippen LogP contribution in [0.15, 0.2) is 59.0 Å². The molecule has 5 heteroatoms. The monoisotopic (exact) mass is 341 g/mol. The van der Waals surface area contributed by atoms with Gasteiger partial charge >= 0.3 is 0 Å². The van der Waals surface area contributed by atoms with Crippen LogP contribution in [0.25, 0.3) is 6.08 Å². The van der Waals surface area contributed by atoms with Crippen LogP contribution < -0.4 is 10.2 Å². The summed E-state index contributed by atoms with van der Waals surface area (Å²) in [5.41, 5.74) is 3.91. The van der Waals surface area contributed by atoms with Crippen LogP contribution in [0.2, 0.25) is 6.32 Å². The van der Waals surface area contributed by atoms with Crippen LogP contribution in [0.5, 0.6) is 0 Å². The average molecular weight is 341 g/mol. The van der Waals surface area contributed by atoms with E-state index >= 15 is 0 Å². The van der Waals surface area contributed by atoms with Gasteiger partial charge in [0.1, 0.15) is 0 Å². The van der Waals surface area contributed by atoms with Gasteiger partial charge in [-0.15, -0.1) is 0 Å². The molecule has 2 aromatic carbocycles. The highest BCUT2D eigenvalue weighted by Crippen LogP contribution is 2.18. The van der Waals surface area contributed by atoms with Crippen LogP contribution in [0.4, 0.5) is 5.69 Å². The largest absolute Gasteiger partial charge is 0.280 e. The van der Waals surface area contributed by atoms with E-state index in [-0.39, 0.29) is 4.90 Å². The number of hydrogen-bond acceptors (Lipinski definition) is 2. The maximum Gasteiger partial charge on any atom is 0.261 e. The predicted molar refractivity (Wildman–Crippen MR) is 105 cm³/mol. The fourth-order valence-corrected chi connectivity index (χ4v) is 3.51.